The summed E-state index contributed by atoms with van der Waals surface area (Å²) in [5.41, 5.74) is 2.44. The first kappa shape index (κ1) is 24.7. The molecule has 35 heavy (non-hydrogen) atoms. The van der Waals surface area contributed by atoms with E-state index in [0.29, 0.717) is 23.9 Å². The molecular formula is C27H32N4O4. The maximum Gasteiger partial charge on any atom is 0.326 e. The van der Waals surface area contributed by atoms with Crippen molar-refractivity contribution in [1.82, 2.24) is 14.5 Å². The molecule has 0 saturated carbocycles. The number of nitrogens with zero attached hydrogens (tertiary/aromatic N) is 4. The van der Waals surface area contributed by atoms with Gasteiger partial charge in [0.1, 0.15) is 29.6 Å². The van der Waals surface area contributed by atoms with Crippen LogP contribution in [0.25, 0.3) is 22.3 Å². The third-order valence-electron chi connectivity index (χ3n) is 6.01. The number of rotatable bonds is 7. The molecule has 4 rings (SSSR count). The van der Waals surface area contributed by atoms with Crippen molar-refractivity contribution in [2.75, 3.05) is 19.8 Å². The van der Waals surface area contributed by atoms with E-state index in [2.05, 4.69) is 9.97 Å². The Kier molecular flexibility index (Phi) is 7.37. The highest BCUT2D eigenvalue weighted by Crippen LogP contribution is 2.31. The van der Waals surface area contributed by atoms with Crippen LogP contribution in [0, 0.1) is 24.2 Å². The van der Waals surface area contributed by atoms with Gasteiger partial charge in [0.25, 0.3) is 0 Å². The first-order valence-electron chi connectivity index (χ1n) is 12.0. The van der Waals surface area contributed by atoms with Gasteiger partial charge in [-0.25, -0.2) is 9.97 Å². The highest BCUT2D eigenvalue weighted by atomic mass is 16.6. The SMILES string of the molecule is Cc1cc(-c2nc(C#N)nc3c2ccn3CC(=O)OC(C)(C)C)ccc1OCCC1CCOCC1. The summed E-state index contributed by atoms with van der Waals surface area (Å²) in [6.45, 7) is 9.85. The van der Waals surface area contributed by atoms with Gasteiger partial charge in [-0.15, -0.1) is 0 Å². The molecule has 0 spiro atoms. The fourth-order valence-electron chi connectivity index (χ4n) is 4.30. The van der Waals surface area contributed by atoms with Gasteiger partial charge in [0.2, 0.25) is 5.82 Å². The lowest BCUT2D eigenvalue weighted by molar-refractivity contribution is -0.155. The number of esters is 1. The van der Waals surface area contributed by atoms with Gasteiger partial charge in [0.05, 0.1) is 12.3 Å². The fourth-order valence-corrected chi connectivity index (χ4v) is 4.30. The van der Waals surface area contributed by atoms with Gasteiger partial charge in [-0.2, -0.15) is 5.26 Å². The van der Waals surface area contributed by atoms with Crippen molar-refractivity contribution in [3.8, 4) is 23.1 Å². The van der Waals surface area contributed by atoms with Gasteiger partial charge in [-0.05, 0) is 82.7 Å². The molecule has 0 bridgehead atoms. The molecule has 0 amide bonds. The first-order chi connectivity index (χ1) is 16.7. The third-order valence-corrected chi connectivity index (χ3v) is 6.01. The zero-order valence-corrected chi connectivity index (χ0v) is 20.8. The molecule has 0 aliphatic carbocycles. The van der Waals surface area contributed by atoms with Crippen LogP contribution in [0.2, 0.25) is 0 Å². The van der Waals surface area contributed by atoms with Crippen molar-refractivity contribution in [3.05, 3.63) is 41.9 Å². The van der Waals surface area contributed by atoms with E-state index in [1.54, 1.807) is 10.8 Å². The Bertz CT molecular complexity index is 1250. The minimum atomic E-state index is -0.579. The van der Waals surface area contributed by atoms with Crippen molar-refractivity contribution in [3.63, 3.8) is 0 Å². The van der Waals surface area contributed by atoms with Crippen molar-refractivity contribution < 1.29 is 19.0 Å². The second kappa shape index (κ2) is 10.4. The maximum absolute atomic E-state index is 12.4. The number of aryl methyl sites for hydroxylation is 1. The summed E-state index contributed by atoms with van der Waals surface area (Å²) in [5.74, 6) is 1.18. The predicted molar refractivity (Wildman–Crippen MR) is 132 cm³/mol. The fraction of sp³-hybridized carbons (Fsp3) is 0.481. The summed E-state index contributed by atoms with van der Waals surface area (Å²) < 4.78 is 18.6. The van der Waals surface area contributed by atoms with Crippen LogP contribution in [0.4, 0.5) is 0 Å². The van der Waals surface area contributed by atoms with Gasteiger partial charge in [-0.3, -0.25) is 4.79 Å². The van der Waals surface area contributed by atoms with Crippen LogP contribution >= 0.6 is 0 Å². The van der Waals surface area contributed by atoms with Crippen molar-refractivity contribution in [1.29, 1.82) is 5.26 Å². The van der Waals surface area contributed by atoms with Gasteiger partial charge in [0, 0.05) is 30.4 Å². The molecule has 184 valence electrons. The lowest BCUT2D eigenvalue weighted by atomic mass is 9.97. The summed E-state index contributed by atoms with van der Waals surface area (Å²) in [5, 5.41) is 10.3. The predicted octanol–water partition coefficient (Wildman–Crippen LogP) is 4.82. The summed E-state index contributed by atoms with van der Waals surface area (Å²) in [7, 11) is 0. The highest BCUT2D eigenvalue weighted by Gasteiger charge is 2.20. The molecule has 1 fully saturated rings. The molecule has 1 aromatic carbocycles. The van der Waals surface area contributed by atoms with E-state index in [4.69, 9.17) is 14.2 Å². The number of carbonyl (C=O) groups excluding carboxylic acids is 1. The number of fused-ring (bicyclic) bond motifs is 1. The second-order valence-electron chi connectivity index (χ2n) is 9.95. The molecule has 0 atom stereocenters. The average Bonchev–Trinajstić information content (AvgIpc) is 3.21. The number of ether oxygens (including phenoxy) is 3. The highest BCUT2D eigenvalue weighted by molar-refractivity contribution is 5.92. The molecule has 1 aliphatic rings. The summed E-state index contributed by atoms with van der Waals surface area (Å²) in [4.78, 5) is 21.2. The Balaban J connectivity index is 1.55. The minimum Gasteiger partial charge on any atom is -0.493 e. The molecule has 1 saturated heterocycles. The normalized spacial score (nSPS) is 14.6. The van der Waals surface area contributed by atoms with Crippen LogP contribution in [-0.4, -0.2) is 45.9 Å². The third kappa shape index (κ3) is 6.17. The number of aromatic nitrogens is 3. The lowest BCUT2D eigenvalue weighted by Gasteiger charge is -2.22. The smallest absolute Gasteiger partial charge is 0.326 e. The van der Waals surface area contributed by atoms with Crippen LogP contribution < -0.4 is 4.74 Å². The van der Waals surface area contributed by atoms with Gasteiger partial charge >= 0.3 is 5.97 Å². The molecule has 0 N–H and O–H groups in total. The second-order valence-corrected chi connectivity index (χ2v) is 9.95. The van der Waals surface area contributed by atoms with Crippen molar-refractivity contribution in [2.45, 2.75) is 59.1 Å². The number of carbonyl (C=O) groups is 1. The van der Waals surface area contributed by atoms with Crippen LogP contribution in [0.15, 0.2) is 30.5 Å². The first-order valence-corrected chi connectivity index (χ1v) is 12.0. The molecule has 8 nitrogen and oxygen atoms in total. The van der Waals surface area contributed by atoms with Gasteiger partial charge in [-0.1, -0.05) is 0 Å². The summed E-state index contributed by atoms with van der Waals surface area (Å²) in [6, 6.07) is 9.81. The number of benzene rings is 1. The lowest BCUT2D eigenvalue weighted by Crippen LogP contribution is -2.26. The monoisotopic (exact) mass is 476 g/mol. The van der Waals surface area contributed by atoms with Gasteiger partial charge in [0.15, 0.2) is 0 Å². The zero-order valence-electron chi connectivity index (χ0n) is 20.8. The molecule has 1 aliphatic heterocycles. The standard InChI is InChI=1S/C27H32N4O4/c1-18-15-20(5-6-22(18)34-14-10-19-8-12-33-13-9-19)25-21-7-11-31(17-24(32)35-27(2,3)4)26(21)30-23(16-28)29-25/h5-7,11,15,19H,8-10,12-14,17H2,1-4H3. The van der Waals surface area contributed by atoms with Crippen LogP contribution in [0.3, 0.4) is 0 Å². The average molecular weight is 477 g/mol. The minimum absolute atomic E-state index is 0.00101. The Hall–Kier alpha value is -3.44. The molecule has 3 aromatic rings. The van der Waals surface area contributed by atoms with Crippen LogP contribution in [0.1, 0.15) is 51.4 Å². The van der Waals surface area contributed by atoms with E-state index in [-0.39, 0.29) is 18.3 Å². The van der Waals surface area contributed by atoms with E-state index in [1.165, 1.54) is 0 Å². The molecule has 0 radical (unpaired) electrons. The molecular weight excluding hydrogens is 444 g/mol. The maximum atomic E-state index is 12.4. The van der Waals surface area contributed by atoms with E-state index in [9.17, 15) is 10.1 Å². The summed E-state index contributed by atoms with van der Waals surface area (Å²) >= 11 is 0. The van der Waals surface area contributed by atoms with E-state index >= 15 is 0 Å². The molecule has 2 aromatic heterocycles. The van der Waals surface area contributed by atoms with Crippen LogP contribution in [-0.2, 0) is 20.8 Å². The van der Waals surface area contributed by atoms with E-state index in [1.807, 2.05) is 58.0 Å². The number of hydrogen-bond acceptors (Lipinski definition) is 7. The molecule has 3 heterocycles. The Morgan fingerprint density at radius 2 is 2.00 bits per heavy atom. The Morgan fingerprint density at radius 1 is 1.23 bits per heavy atom. The molecule has 8 heteroatoms. The van der Waals surface area contributed by atoms with E-state index in [0.717, 1.165) is 54.7 Å². The number of hydrogen-bond donors (Lipinski definition) is 0. The van der Waals surface area contributed by atoms with Gasteiger partial charge < -0.3 is 18.8 Å². The Labute approximate surface area is 205 Å². The topological polar surface area (TPSA) is 99.3 Å². The number of nitriles is 1. The zero-order chi connectivity index (χ0) is 25.0. The van der Waals surface area contributed by atoms with E-state index < -0.39 is 5.60 Å². The quantitative estimate of drug-likeness (QED) is 0.451. The molecule has 0 unspecified atom stereocenters. The van der Waals surface area contributed by atoms with Crippen LogP contribution in [0.5, 0.6) is 5.75 Å². The van der Waals surface area contributed by atoms with Crippen molar-refractivity contribution >= 4 is 17.0 Å². The van der Waals surface area contributed by atoms with Crippen molar-refractivity contribution in [2.24, 2.45) is 5.92 Å². The summed E-state index contributed by atoms with van der Waals surface area (Å²) in [6.07, 6.45) is 4.99. The largest absolute Gasteiger partial charge is 0.493 e. The Morgan fingerprint density at radius 3 is 2.69 bits per heavy atom.